The van der Waals surface area contributed by atoms with Crippen LogP contribution in [0.2, 0.25) is 0 Å². The van der Waals surface area contributed by atoms with Crippen molar-refractivity contribution < 1.29 is 42.8 Å². The Labute approximate surface area is 450 Å². The number of benzene rings is 3. The van der Waals surface area contributed by atoms with Gasteiger partial charge in [-0.05, 0) is 143 Å². The number of nitrogens with one attached hydrogen (secondary N) is 4. The molecular formula is C58H85BN8O9. The molecule has 0 radical (unpaired) electrons. The fraction of sp³-hybridized carbons (Fsp3) is 0.603. The maximum Gasteiger partial charge on any atom is 0.481 e. The molecule has 0 aromatic heterocycles. The van der Waals surface area contributed by atoms with Crippen molar-refractivity contribution in [2.24, 2.45) is 34.5 Å². The normalized spacial score (nSPS) is 24.4. The molecular weight excluding hydrogens is 963 g/mol. The SMILES string of the molecule is CCCCCCCCc1ccc(C(=O)N[C@@H](CCCN)C(=O)N(C)[C@@H]2C(=O)N[C@@H](C)C(=O)N[C@H](C(=O)N[C@@H](C)B3O[C@@H]4C[C@@H]5C[C@@H](C5(C)C)[C@]4(C)O3)Cc3ccc(OCCN)c(c3)-c3cc2ccc3OCCN)c(C)c1. The predicted molar refractivity (Wildman–Crippen MR) is 295 cm³/mol. The average Bonchev–Trinajstić information content (AvgIpc) is 3.77. The molecule has 0 spiro atoms. The van der Waals surface area contributed by atoms with Gasteiger partial charge in [-0.3, -0.25) is 24.0 Å². The van der Waals surface area contributed by atoms with Crippen molar-refractivity contribution >= 4 is 36.7 Å². The van der Waals surface area contributed by atoms with Gasteiger partial charge in [-0.15, -0.1) is 0 Å². The summed E-state index contributed by atoms with van der Waals surface area (Å²) in [6.07, 6.45) is 10.6. The number of amides is 5. The molecule has 4 fully saturated rings. The highest BCUT2D eigenvalue weighted by Gasteiger charge is 2.68. The van der Waals surface area contributed by atoms with Crippen LogP contribution in [0.4, 0.5) is 0 Å². The second-order valence-electron chi connectivity index (χ2n) is 22.5. The molecule has 2 aliphatic heterocycles. The van der Waals surface area contributed by atoms with Gasteiger partial charge in [-0.2, -0.15) is 0 Å². The summed E-state index contributed by atoms with van der Waals surface area (Å²) in [5.41, 5.74) is 22.0. The number of hydrogen-bond acceptors (Lipinski definition) is 12. The molecule has 17 nitrogen and oxygen atoms in total. The monoisotopic (exact) mass is 1050 g/mol. The van der Waals surface area contributed by atoms with Gasteiger partial charge in [0, 0.05) is 43.2 Å². The molecule has 0 unspecified atom stereocenters. The lowest BCUT2D eigenvalue weighted by molar-refractivity contribution is -0.199. The van der Waals surface area contributed by atoms with Crippen molar-refractivity contribution in [1.82, 2.24) is 26.2 Å². The summed E-state index contributed by atoms with van der Waals surface area (Å²) in [4.78, 5) is 74.2. The second kappa shape index (κ2) is 25.8. The zero-order valence-electron chi connectivity index (χ0n) is 46.3. The highest BCUT2D eigenvalue weighted by atomic mass is 16.7. The maximum absolute atomic E-state index is 15.0. The highest BCUT2D eigenvalue weighted by Crippen LogP contribution is 2.65. The predicted octanol–water partition coefficient (Wildman–Crippen LogP) is 5.59. The Bertz CT molecular complexity index is 2550. The van der Waals surface area contributed by atoms with Crippen LogP contribution in [0.1, 0.15) is 144 Å². The first kappa shape index (κ1) is 58.2. The van der Waals surface area contributed by atoms with Crippen LogP contribution in [-0.2, 0) is 41.3 Å². The molecule has 414 valence electrons. The van der Waals surface area contributed by atoms with E-state index in [0.717, 1.165) is 43.2 Å². The third kappa shape index (κ3) is 13.1. The molecule has 3 aliphatic carbocycles. The number of fused-ring (bicyclic) bond motifs is 5. The van der Waals surface area contributed by atoms with Crippen molar-refractivity contribution in [3.8, 4) is 22.6 Å². The van der Waals surface area contributed by atoms with E-state index in [4.69, 9.17) is 36.0 Å². The third-order valence-electron chi connectivity index (χ3n) is 16.6. The van der Waals surface area contributed by atoms with Gasteiger partial charge in [0.15, 0.2) is 0 Å². The first-order chi connectivity index (χ1) is 36.3. The van der Waals surface area contributed by atoms with E-state index in [2.05, 4.69) is 49.0 Å². The van der Waals surface area contributed by atoms with Gasteiger partial charge in [0.25, 0.3) is 5.91 Å². The Morgan fingerprint density at radius 2 is 1.53 bits per heavy atom. The van der Waals surface area contributed by atoms with Gasteiger partial charge in [0.2, 0.25) is 23.6 Å². The van der Waals surface area contributed by atoms with Crippen molar-refractivity contribution in [2.45, 2.75) is 167 Å². The number of unbranched alkanes of at least 4 members (excludes halogenated alkanes) is 5. The van der Waals surface area contributed by atoms with Crippen LogP contribution < -0.4 is 47.9 Å². The van der Waals surface area contributed by atoms with E-state index in [1.807, 2.05) is 38.1 Å². The van der Waals surface area contributed by atoms with Gasteiger partial charge in [0.05, 0.1) is 17.6 Å². The van der Waals surface area contributed by atoms with Gasteiger partial charge in [-0.1, -0.05) is 77.1 Å². The number of carbonyl (C=O) groups is 5. The summed E-state index contributed by atoms with van der Waals surface area (Å²) in [7, 11) is 0.791. The van der Waals surface area contributed by atoms with Crippen molar-refractivity contribution in [2.75, 3.05) is 39.9 Å². The quantitative estimate of drug-likeness (QED) is 0.0453. The van der Waals surface area contributed by atoms with Crippen LogP contribution in [0.25, 0.3) is 11.1 Å². The van der Waals surface area contributed by atoms with E-state index in [1.54, 1.807) is 30.3 Å². The summed E-state index contributed by atoms with van der Waals surface area (Å²) in [5, 5.41) is 11.8. The summed E-state index contributed by atoms with van der Waals surface area (Å²) in [5.74, 6) is -1.61. The van der Waals surface area contributed by atoms with Crippen LogP contribution >= 0.6 is 0 Å². The van der Waals surface area contributed by atoms with Crippen LogP contribution in [0, 0.1) is 24.2 Å². The largest absolute Gasteiger partial charge is 0.492 e. The Balaban J connectivity index is 1.19. The second-order valence-corrected chi connectivity index (χ2v) is 22.5. The minimum absolute atomic E-state index is 0.0527. The molecule has 6 bridgehead atoms. The summed E-state index contributed by atoms with van der Waals surface area (Å²) in [6, 6.07) is 11.7. The number of nitrogens with two attached hydrogens (primary N) is 3. The van der Waals surface area contributed by atoms with Gasteiger partial charge >= 0.3 is 7.12 Å². The Morgan fingerprint density at radius 3 is 2.20 bits per heavy atom. The van der Waals surface area contributed by atoms with Crippen LogP contribution in [0.15, 0.2) is 54.6 Å². The molecule has 10 N–H and O–H groups in total. The summed E-state index contributed by atoms with van der Waals surface area (Å²) in [6.45, 7) is 15.2. The van der Waals surface area contributed by atoms with Crippen LogP contribution in [0.5, 0.6) is 11.5 Å². The van der Waals surface area contributed by atoms with Crippen molar-refractivity contribution in [3.63, 3.8) is 0 Å². The lowest BCUT2D eigenvalue weighted by atomic mass is 9.43. The number of carbonyl (C=O) groups excluding carboxylic acids is 5. The molecule has 5 amide bonds. The number of hydrogen-bond donors (Lipinski definition) is 7. The molecule has 3 aromatic rings. The van der Waals surface area contributed by atoms with Crippen molar-refractivity contribution in [3.05, 3.63) is 82.4 Å². The molecule has 8 rings (SSSR count). The minimum atomic E-state index is -1.35. The number of rotatable bonds is 23. The number of likely N-dealkylation sites (N-methyl/N-ethyl adjacent to an activating group) is 1. The third-order valence-corrected chi connectivity index (χ3v) is 16.6. The van der Waals surface area contributed by atoms with Gasteiger partial charge in [0.1, 0.15) is 48.9 Å². The fourth-order valence-corrected chi connectivity index (χ4v) is 12.0. The zero-order valence-corrected chi connectivity index (χ0v) is 46.3. The maximum atomic E-state index is 15.0. The number of nitrogens with zero attached hydrogens (tertiary/aromatic N) is 1. The lowest BCUT2D eigenvalue weighted by Crippen LogP contribution is -2.65. The van der Waals surface area contributed by atoms with E-state index >= 15 is 0 Å². The Morgan fingerprint density at radius 1 is 0.842 bits per heavy atom. The van der Waals surface area contributed by atoms with Crippen molar-refractivity contribution in [1.29, 1.82) is 0 Å². The van der Waals surface area contributed by atoms with E-state index < -0.39 is 72.4 Å². The van der Waals surface area contributed by atoms with E-state index in [0.29, 0.717) is 57.6 Å². The molecule has 9 atom stereocenters. The average molecular weight is 1050 g/mol. The minimum Gasteiger partial charge on any atom is -0.492 e. The zero-order chi connectivity index (χ0) is 54.9. The Hall–Kier alpha value is -5.53. The first-order valence-electron chi connectivity index (χ1n) is 27.9. The standard InChI is InChI=1S/C58H85BN8O9/c1-9-10-11-12-13-14-16-38-18-21-42(35(2)29-38)53(69)65-45(17-15-24-60)56(72)67(8)51-40-20-23-48(74-28-26-62)44(32-40)43-30-39(19-22-47(43)73-27-25-61)31-46(66-52(68)36(3)63-55(51)71)54(70)64-37(4)59-75-50-34-41-33-49(57(41,5)6)58(50,7)76-59/h18-23,29-30,32,36-37,41,45-46,49-51H,9-17,24-28,31,33-34,60-62H2,1-8H3,(H,63,71)(H,64,70)(H,65,69)(H,66,68)/t36-,37-,41-,45-,46-,49-,50+,51-,58-/m0/s1. The molecule has 3 aromatic carbocycles. The lowest BCUT2D eigenvalue weighted by Gasteiger charge is -2.64. The van der Waals surface area contributed by atoms with E-state index in [9.17, 15) is 24.0 Å². The van der Waals surface area contributed by atoms with Crippen LogP contribution in [0.3, 0.4) is 0 Å². The Kier molecular flexibility index (Phi) is 19.7. The highest BCUT2D eigenvalue weighted by molar-refractivity contribution is 6.47. The molecule has 18 heteroatoms. The topological polar surface area (TPSA) is 252 Å². The first-order valence-corrected chi connectivity index (χ1v) is 27.9. The summed E-state index contributed by atoms with van der Waals surface area (Å²) < 4.78 is 25.7. The molecule has 76 heavy (non-hydrogen) atoms. The fourth-order valence-electron chi connectivity index (χ4n) is 12.0. The van der Waals surface area contributed by atoms with E-state index in [-0.39, 0.29) is 57.2 Å². The van der Waals surface area contributed by atoms with Gasteiger partial charge in [-0.25, -0.2) is 0 Å². The molecule has 5 aliphatic rings. The van der Waals surface area contributed by atoms with Gasteiger partial charge < -0.3 is 62.2 Å². The number of aryl methyl sites for hydroxylation is 2. The molecule has 2 heterocycles. The smallest absolute Gasteiger partial charge is 0.481 e. The molecule has 3 saturated carbocycles. The van der Waals surface area contributed by atoms with Crippen LogP contribution in [-0.4, -0.2) is 117 Å². The molecule has 1 saturated heterocycles. The van der Waals surface area contributed by atoms with E-state index in [1.165, 1.54) is 44.6 Å². The summed E-state index contributed by atoms with van der Waals surface area (Å²) >= 11 is 0. The number of ether oxygens (including phenoxy) is 2.